The maximum Gasteiger partial charge on any atom is 0.341 e. The van der Waals surface area contributed by atoms with E-state index in [2.05, 4.69) is 5.32 Å². The van der Waals surface area contributed by atoms with Crippen molar-refractivity contribution >= 4 is 40.3 Å². The van der Waals surface area contributed by atoms with Gasteiger partial charge >= 0.3 is 11.9 Å². The van der Waals surface area contributed by atoms with Gasteiger partial charge in [0.1, 0.15) is 16.6 Å². The van der Waals surface area contributed by atoms with Crippen molar-refractivity contribution in [1.82, 2.24) is 4.57 Å². The summed E-state index contributed by atoms with van der Waals surface area (Å²) in [6.07, 6.45) is 5.19. The van der Waals surface area contributed by atoms with Gasteiger partial charge in [-0.2, -0.15) is 5.26 Å². The highest BCUT2D eigenvalue weighted by Gasteiger charge is 2.28. The summed E-state index contributed by atoms with van der Waals surface area (Å²) in [5.41, 5.74) is 5.02. The van der Waals surface area contributed by atoms with Crippen molar-refractivity contribution < 1.29 is 23.9 Å². The molecule has 1 aromatic carbocycles. The quantitative estimate of drug-likeness (QED) is 0.213. The fourth-order valence-corrected chi connectivity index (χ4v) is 6.11. The molecule has 1 N–H and O–H groups in total. The van der Waals surface area contributed by atoms with Crippen molar-refractivity contribution in [2.24, 2.45) is 0 Å². The van der Waals surface area contributed by atoms with Crippen LogP contribution in [0, 0.1) is 25.2 Å². The van der Waals surface area contributed by atoms with Crippen molar-refractivity contribution in [3.63, 3.8) is 0 Å². The van der Waals surface area contributed by atoms with Crippen LogP contribution in [0.5, 0.6) is 0 Å². The number of fused-ring (bicyclic) bond motifs is 1. The van der Waals surface area contributed by atoms with Crippen molar-refractivity contribution in [3.05, 3.63) is 74.4 Å². The fourth-order valence-electron chi connectivity index (χ4n) is 4.84. The van der Waals surface area contributed by atoms with Gasteiger partial charge in [-0.05, 0) is 101 Å². The molecule has 1 aliphatic carbocycles. The number of esters is 2. The number of hydrogen-bond donors (Lipinski definition) is 1. The first-order valence-corrected chi connectivity index (χ1v) is 13.8. The molecule has 202 valence electrons. The fraction of sp³-hybridized carbons (Fsp3) is 0.333. The molecule has 1 amide bonds. The van der Waals surface area contributed by atoms with E-state index >= 15 is 0 Å². The molecule has 0 unspecified atom stereocenters. The number of nitrogens with one attached hydrogen (secondary N) is 1. The Kier molecular flexibility index (Phi) is 8.67. The van der Waals surface area contributed by atoms with Gasteiger partial charge in [-0.3, -0.25) is 4.79 Å². The molecule has 0 atom stereocenters. The number of amides is 1. The number of hydrogen-bond acceptors (Lipinski definition) is 7. The van der Waals surface area contributed by atoms with Crippen LogP contribution in [-0.4, -0.2) is 35.6 Å². The Balaban J connectivity index is 1.62. The molecule has 0 fully saturated rings. The molecule has 0 spiro atoms. The van der Waals surface area contributed by atoms with Crippen molar-refractivity contribution in [2.45, 2.75) is 53.4 Å². The Morgan fingerprint density at radius 3 is 2.38 bits per heavy atom. The van der Waals surface area contributed by atoms with Gasteiger partial charge in [-0.15, -0.1) is 11.3 Å². The second kappa shape index (κ2) is 12.1. The lowest BCUT2D eigenvalue weighted by molar-refractivity contribution is -0.112. The summed E-state index contributed by atoms with van der Waals surface area (Å²) in [6, 6.07) is 11.0. The van der Waals surface area contributed by atoms with Gasteiger partial charge in [0.2, 0.25) is 0 Å². The summed E-state index contributed by atoms with van der Waals surface area (Å²) < 4.78 is 12.3. The van der Waals surface area contributed by atoms with Gasteiger partial charge in [0, 0.05) is 22.0 Å². The molecule has 3 aromatic rings. The number of nitrogens with zero attached hydrogens (tertiary/aromatic N) is 2. The number of carbonyl (C=O) groups is 3. The van der Waals surface area contributed by atoms with Crippen molar-refractivity contribution in [2.75, 3.05) is 18.5 Å². The zero-order valence-electron chi connectivity index (χ0n) is 22.6. The van der Waals surface area contributed by atoms with E-state index in [0.717, 1.165) is 53.2 Å². The van der Waals surface area contributed by atoms with Crippen LogP contribution in [0.2, 0.25) is 0 Å². The molecular formula is C30H31N3O5S. The molecule has 0 saturated heterocycles. The van der Waals surface area contributed by atoms with Crippen LogP contribution >= 0.6 is 11.3 Å². The predicted octanol–water partition coefficient (Wildman–Crippen LogP) is 5.93. The lowest BCUT2D eigenvalue weighted by atomic mass is 9.95. The topological polar surface area (TPSA) is 110 Å². The minimum Gasteiger partial charge on any atom is -0.462 e. The van der Waals surface area contributed by atoms with E-state index in [0.29, 0.717) is 28.3 Å². The highest BCUT2D eigenvalue weighted by atomic mass is 32.1. The molecule has 0 bridgehead atoms. The van der Waals surface area contributed by atoms with Crippen LogP contribution in [-0.2, 0) is 27.1 Å². The Hall–Kier alpha value is -4.16. The number of thiophene rings is 1. The van der Waals surface area contributed by atoms with Crippen LogP contribution in [0.3, 0.4) is 0 Å². The maximum atomic E-state index is 13.2. The SMILES string of the molecule is CCOC(=O)c1ccc(-n2c(C)cc(/C=C(\C#N)C(=O)Nc3sc4c(c3C(=O)OCC)CCCC4)c2C)cc1. The summed E-state index contributed by atoms with van der Waals surface area (Å²) in [7, 11) is 0. The number of ether oxygens (including phenoxy) is 2. The van der Waals surface area contributed by atoms with Crippen LogP contribution < -0.4 is 5.32 Å². The van der Waals surface area contributed by atoms with Crippen LogP contribution in [0.1, 0.15) is 74.8 Å². The third-order valence-corrected chi connectivity index (χ3v) is 7.86. The number of carbonyl (C=O) groups excluding carboxylic acids is 3. The van der Waals surface area contributed by atoms with Gasteiger partial charge in [0.05, 0.1) is 24.3 Å². The third kappa shape index (κ3) is 5.81. The number of rotatable bonds is 8. The van der Waals surface area contributed by atoms with Crippen LogP contribution in [0.25, 0.3) is 11.8 Å². The molecule has 0 radical (unpaired) electrons. The van der Waals surface area contributed by atoms with E-state index in [9.17, 15) is 19.6 Å². The lowest BCUT2D eigenvalue weighted by Gasteiger charge is -2.12. The zero-order chi connectivity index (χ0) is 28.1. The van der Waals surface area contributed by atoms with E-state index in [1.807, 2.05) is 42.7 Å². The minimum absolute atomic E-state index is 0.0749. The average molecular weight is 546 g/mol. The smallest absolute Gasteiger partial charge is 0.341 e. The number of aromatic nitrogens is 1. The van der Waals surface area contributed by atoms with Gasteiger partial charge in [0.15, 0.2) is 0 Å². The molecule has 0 saturated carbocycles. The van der Waals surface area contributed by atoms with E-state index in [1.54, 1.807) is 32.1 Å². The number of benzene rings is 1. The molecular weight excluding hydrogens is 514 g/mol. The largest absolute Gasteiger partial charge is 0.462 e. The Bertz CT molecular complexity index is 1490. The van der Waals surface area contributed by atoms with Crippen molar-refractivity contribution in [3.8, 4) is 11.8 Å². The van der Waals surface area contributed by atoms with Crippen LogP contribution in [0.4, 0.5) is 5.00 Å². The predicted molar refractivity (Wildman–Crippen MR) is 150 cm³/mol. The lowest BCUT2D eigenvalue weighted by Crippen LogP contribution is -2.16. The monoisotopic (exact) mass is 545 g/mol. The Morgan fingerprint density at radius 2 is 1.72 bits per heavy atom. The van der Waals surface area contributed by atoms with Gasteiger partial charge in [-0.1, -0.05) is 0 Å². The van der Waals surface area contributed by atoms with Gasteiger partial charge < -0.3 is 19.4 Å². The molecule has 2 heterocycles. The third-order valence-electron chi connectivity index (χ3n) is 6.65. The summed E-state index contributed by atoms with van der Waals surface area (Å²) in [6.45, 7) is 7.88. The normalized spacial score (nSPS) is 12.8. The Morgan fingerprint density at radius 1 is 1.05 bits per heavy atom. The summed E-state index contributed by atoms with van der Waals surface area (Å²) in [5.74, 6) is -1.41. The molecule has 0 aliphatic heterocycles. The minimum atomic E-state index is -0.578. The molecule has 8 nitrogen and oxygen atoms in total. The average Bonchev–Trinajstić information content (AvgIpc) is 3.42. The zero-order valence-corrected chi connectivity index (χ0v) is 23.4. The summed E-state index contributed by atoms with van der Waals surface area (Å²) in [5, 5.41) is 13.1. The van der Waals surface area contributed by atoms with Gasteiger partial charge in [-0.25, -0.2) is 9.59 Å². The van der Waals surface area contributed by atoms with Gasteiger partial charge in [0.25, 0.3) is 5.91 Å². The van der Waals surface area contributed by atoms with E-state index in [1.165, 1.54) is 11.3 Å². The first-order valence-electron chi connectivity index (χ1n) is 13.0. The van der Waals surface area contributed by atoms with E-state index in [4.69, 9.17) is 9.47 Å². The molecule has 4 rings (SSSR count). The number of nitriles is 1. The number of anilines is 1. The Labute approximate surface area is 231 Å². The van der Waals surface area contributed by atoms with E-state index in [-0.39, 0.29) is 18.1 Å². The number of aryl methyl sites for hydroxylation is 2. The molecule has 2 aromatic heterocycles. The van der Waals surface area contributed by atoms with Crippen molar-refractivity contribution in [1.29, 1.82) is 5.26 Å². The summed E-state index contributed by atoms with van der Waals surface area (Å²) >= 11 is 1.39. The second-order valence-corrected chi connectivity index (χ2v) is 10.3. The van der Waals surface area contributed by atoms with Crippen LogP contribution in [0.15, 0.2) is 35.9 Å². The maximum absolute atomic E-state index is 13.2. The first kappa shape index (κ1) is 27.9. The standard InChI is InChI=1S/C30H31N3O5S/c1-5-37-29(35)20-11-13-23(14-12-20)33-18(3)15-21(19(33)4)16-22(17-31)27(34)32-28-26(30(36)38-6-2)24-9-7-8-10-25(24)39-28/h11-16H,5-10H2,1-4H3,(H,32,34)/b22-16+. The first-order chi connectivity index (χ1) is 18.8. The second-order valence-electron chi connectivity index (χ2n) is 9.19. The highest BCUT2D eigenvalue weighted by molar-refractivity contribution is 7.17. The molecule has 39 heavy (non-hydrogen) atoms. The summed E-state index contributed by atoms with van der Waals surface area (Å²) in [4.78, 5) is 39.1. The molecule has 9 heteroatoms. The van der Waals surface area contributed by atoms with E-state index < -0.39 is 11.9 Å². The highest BCUT2D eigenvalue weighted by Crippen LogP contribution is 2.39. The molecule has 1 aliphatic rings.